The lowest BCUT2D eigenvalue weighted by Crippen LogP contribution is -2.36. The Labute approximate surface area is 99.2 Å². The van der Waals surface area contributed by atoms with Gasteiger partial charge in [0.25, 0.3) is 0 Å². The summed E-state index contributed by atoms with van der Waals surface area (Å²) < 4.78 is 0. The number of hydrogen-bond acceptors (Lipinski definition) is 2. The molecule has 0 unspecified atom stereocenters. The van der Waals surface area contributed by atoms with Crippen molar-refractivity contribution < 1.29 is 0 Å². The number of aryl methyl sites for hydroxylation is 1. The number of nitrogens with one attached hydrogen (secondary N) is 1. The van der Waals surface area contributed by atoms with Gasteiger partial charge in [-0.2, -0.15) is 0 Å². The normalized spacial score (nSPS) is 11.5. The van der Waals surface area contributed by atoms with Gasteiger partial charge in [0.2, 0.25) is 0 Å². The van der Waals surface area contributed by atoms with Crippen LogP contribution in [-0.4, -0.2) is 5.54 Å². The van der Waals surface area contributed by atoms with Crippen molar-refractivity contribution in [3.05, 3.63) is 23.8 Å². The molecule has 1 rings (SSSR count). The average Bonchev–Trinajstić information content (AvgIpc) is 2.25. The summed E-state index contributed by atoms with van der Waals surface area (Å²) in [5.74, 6) is 0. The number of nitrogen functional groups attached to an aromatic ring is 1. The van der Waals surface area contributed by atoms with E-state index in [4.69, 9.17) is 5.73 Å². The molecule has 0 radical (unpaired) electrons. The van der Waals surface area contributed by atoms with Gasteiger partial charge in [0.15, 0.2) is 0 Å². The van der Waals surface area contributed by atoms with Crippen molar-refractivity contribution in [3.8, 4) is 0 Å². The summed E-state index contributed by atoms with van der Waals surface area (Å²) in [6.45, 7) is 8.78. The highest BCUT2D eigenvalue weighted by atomic mass is 15.0. The Kier molecular flexibility index (Phi) is 4.22. The molecule has 0 spiro atoms. The molecule has 0 fully saturated rings. The van der Waals surface area contributed by atoms with Crippen LogP contribution in [0.15, 0.2) is 18.2 Å². The van der Waals surface area contributed by atoms with Crippen molar-refractivity contribution in [2.75, 3.05) is 11.1 Å². The van der Waals surface area contributed by atoms with Crippen LogP contribution in [-0.2, 0) is 0 Å². The highest BCUT2D eigenvalue weighted by molar-refractivity contribution is 5.57. The summed E-state index contributed by atoms with van der Waals surface area (Å²) in [6.07, 6.45) is 3.40. The Morgan fingerprint density at radius 2 is 1.62 bits per heavy atom. The van der Waals surface area contributed by atoms with E-state index in [2.05, 4.69) is 39.1 Å². The van der Waals surface area contributed by atoms with E-state index in [9.17, 15) is 0 Å². The topological polar surface area (TPSA) is 38.0 Å². The molecule has 1 aromatic rings. The van der Waals surface area contributed by atoms with Crippen LogP contribution in [0.4, 0.5) is 11.4 Å². The smallest absolute Gasteiger partial charge is 0.0367 e. The molecule has 0 aromatic heterocycles. The highest BCUT2D eigenvalue weighted by Gasteiger charge is 2.23. The van der Waals surface area contributed by atoms with Gasteiger partial charge in [0.1, 0.15) is 0 Å². The van der Waals surface area contributed by atoms with E-state index in [1.807, 2.05) is 12.1 Å². The predicted molar refractivity (Wildman–Crippen MR) is 72.8 cm³/mol. The molecule has 0 aliphatic carbocycles. The standard InChI is InChI=1S/C14H24N2/c1-5-14(6-2,7-3)16-13-9-11(4)8-12(15)10-13/h8-10,16H,5-7,15H2,1-4H3. The molecule has 0 bridgehead atoms. The summed E-state index contributed by atoms with van der Waals surface area (Å²) in [7, 11) is 0. The molecular weight excluding hydrogens is 196 g/mol. The van der Waals surface area contributed by atoms with Crippen molar-refractivity contribution in [2.24, 2.45) is 0 Å². The summed E-state index contributed by atoms with van der Waals surface area (Å²) >= 11 is 0. The zero-order valence-corrected chi connectivity index (χ0v) is 10.9. The lowest BCUT2D eigenvalue weighted by atomic mass is 9.89. The van der Waals surface area contributed by atoms with E-state index in [0.717, 1.165) is 30.6 Å². The zero-order chi connectivity index (χ0) is 12.2. The second-order valence-corrected chi connectivity index (χ2v) is 4.60. The molecule has 1 aromatic carbocycles. The Bertz CT molecular complexity index is 312. The molecule has 0 saturated heterocycles. The van der Waals surface area contributed by atoms with E-state index in [0.29, 0.717) is 0 Å². The van der Waals surface area contributed by atoms with E-state index in [1.54, 1.807) is 0 Å². The molecule has 16 heavy (non-hydrogen) atoms. The fourth-order valence-corrected chi connectivity index (χ4v) is 2.21. The molecule has 3 N–H and O–H groups in total. The Morgan fingerprint density at radius 1 is 1.06 bits per heavy atom. The van der Waals surface area contributed by atoms with Crippen LogP contribution in [0.25, 0.3) is 0 Å². The fourth-order valence-electron chi connectivity index (χ4n) is 2.21. The fraction of sp³-hybridized carbons (Fsp3) is 0.571. The van der Waals surface area contributed by atoms with E-state index in [-0.39, 0.29) is 5.54 Å². The van der Waals surface area contributed by atoms with Gasteiger partial charge in [0, 0.05) is 16.9 Å². The summed E-state index contributed by atoms with van der Waals surface area (Å²) in [5.41, 5.74) is 9.25. The van der Waals surface area contributed by atoms with Gasteiger partial charge in [0.05, 0.1) is 0 Å². The van der Waals surface area contributed by atoms with Crippen molar-refractivity contribution in [1.82, 2.24) is 0 Å². The van der Waals surface area contributed by atoms with E-state index < -0.39 is 0 Å². The maximum Gasteiger partial charge on any atom is 0.0367 e. The third-order valence-electron chi connectivity index (χ3n) is 3.54. The second kappa shape index (κ2) is 5.24. The van der Waals surface area contributed by atoms with E-state index in [1.165, 1.54) is 5.56 Å². The van der Waals surface area contributed by atoms with Crippen LogP contribution in [0.2, 0.25) is 0 Å². The van der Waals surface area contributed by atoms with Crippen LogP contribution in [0.5, 0.6) is 0 Å². The van der Waals surface area contributed by atoms with Crippen LogP contribution >= 0.6 is 0 Å². The molecule has 0 aliphatic heterocycles. The predicted octanol–water partition coefficient (Wildman–Crippen LogP) is 3.96. The van der Waals surface area contributed by atoms with Crippen LogP contribution in [0.3, 0.4) is 0 Å². The minimum atomic E-state index is 0.209. The third-order valence-corrected chi connectivity index (χ3v) is 3.54. The van der Waals surface area contributed by atoms with Gasteiger partial charge in [-0.15, -0.1) is 0 Å². The quantitative estimate of drug-likeness (QED) is 0.737. The largest absolute Gasteiger partial charge is 0.399 e. The van der Waals surface area contributed by atoms with Crippen molar-refractivity contribution >= 4 is 11.4 Å². The number of anilines is 2. The first kappa shape index (κ1) is 12.9. The Hall–Kier alpha value is -1.18. The van der Waals surface area contributed by atoms with Gasteiger partial charge in [-0.3, -0.25) is 0 Å². The van der Waals surface area contributed by atoms with Crippen molar-refractivity contribution in [3.63, 3.8) is 0 Å². The Balaban J connectivity index is 2.93. The van der Waals surface area contributed by atoms with Gasteiger partial charge in [-0.05, 0) is 49.9 Å². The molecule has 0 heterocycles. The summed E-state index contributed by atoms with van der Waals surface area (Å²) in [6, 6.07) is 6.17. The first-order valence-corrected chi connectivity index (χ1v) is 6.20. The SMILES string of the molecule is CCC(CC)(CC)Nc1cc(C)cc(N)c1. The lowest BCUT2D eigenvalue weighted by Gasteiger charge is -2.33. The molecule has 90 valence electrons. The first-order valence-electron chi connectivity index (χ1n) is 6.20. The minimum Gasteiger partial charge on any atom is -0.399 e. The average molecular weight is 220 g/mol. The molecule has 2 nitrogen and oxygen atoms in total. The maximum absolute atomic E-state index is 5.86. The number of hydrogen-bond donors (Lipinski definition) is 2. The zero-order valence-electron chi connectivity index (χ0n) is 10.9. The third kappa shape index (κ3) is 2.91. The molecule has 0 atom stereocenters. The number of nitrogens with two attached hydrogens (primary N) is 1. The maximum atomic E-state index is 5.86. The molecule has 0 amide bonds. The molecule has 2 heteroatoms. The van der Waals surface area contributed by atoms with Crippen LogP contribution in [0, 0.1) is 6.92 Å². The molecule has 0 saturated carbocycles. The highest BCUT2D eigenvalue weighted by Crippen LogP contribution is 2.27. The van der Waals surface area contributed by atoms with Gasteiger partial charge < -0.3 is 11.1 Å². The monoisotopic (exact) mass is 220 g/mol. The van der Waals surface area contributed by atoms with Crippen LogP contribution < -0.4 is 11.1 Å². The Morgan fingerprint density at radius 3 is 2.06 bits per heavy atom. The van der Waals surface area contributed by atoms with Crippen molar-refractivity contribution in [1.29, 1.82) is 0 Å². The first-order chi connectivity index (χ1) is 7.55. The number of rotatable bonds is 5. The summed E-state index contributed by atoms with van der Waals surface area (Å²) in [4.78, 5) is 0. The van der Waals surface area contributed by atoms with Crippen molar-refractivity contribution in [2.45, 2.75) is 52.5 Å². The molecular formula is C14H24N2. The number of benzene rings is 1. The molecule has 0 aliphatic rings. The van der Waals surface area contributed by atoms with E-state index >= 15 is 0 Å². The van der Waals surface area contributed by atoms with Gasteiger partial charge >= 0.3 is 0 Å². The minimum absolute atomic E-state index is 0.209. The lowest BCUT2D eigenvalue weighted by molar-refractivity contribution is 0.420. The van der Waals surface area contributed by atoms with Gasteiger partial charge in [-0.25, -0.2) is 0 Å². The van der Waals surface area contributed by atoms with Gasteiger partial charge in [-0.1, -0.05) is 20.8 Å². The van der Waals surface area contributed by atoms with Crippen LogP contribution in [0.1, 0.15) is 45.6 Å². The second-order valence-electron chi connectivity index (χ2n) is 4.60. The summed E-state index contributed by atoms with van der Waals surface area (Å²) in [5, 5.41) is 3.64.